The summed E-state index contributed by atoms with van der Waals surface area (Å²) in [5.74, 6) is 1.00. The van der Waals surface area contributed by atoms with E-state index >= 15 is 0 Å². The zero-order valence-electron chi connectivity index (χ0n) is 11.1. The fourth-order valence-electron chi connectivity index (χ4n) is 2.91. The van der Waals surface area contributed by atoms with Gasteiger partial charge in [0.25, 0.3) is 0 Å². The molecule has 0 heterocycles. The van der Waals surface area contributed by atoms with Crippen LogP contribution in [0.3, 0.4) is 0 Å². The highest BCUT2D eigenvalue weighted by atomic mass is 31.0. The highest BCUT2D eigenvalue weighted by Gasteiger charge is 2.33. The van der Waals surface area contributed by atoms with Crippen molar-refractivity contribution in [2.45, 2.75) is 77.8 Å². The normalized spacial score (nSPS) is 25.8. The van der Waals surface area contributed by atoms with E-state index in [1.54, 1.807) is 0 Å². The van der Waals surface area contributed by atoms with Crippen LogP contribution in [0, 0.1) is 11.3 Å². The minimum Gasteiger partial charge on any atom is -0.132 e. The van der Waals surface area contributed by atoms with Gasteiger partial charge in [0.05, 0.1) is 0 Å². The van der Waals surface area contributed by atoms with Crippen molar-refractivity contribution in [3.05, 3.63) is 0 Å². The maximum atomic E-state index is 2.96. The number of hydrogen-bond acceptors (Lipinski definition) is 0. The lowest BCUT2D eigenvalue weighted by atomic mass is 9.79. The average Bonchev–Trinajstić information content (AvgIpc) is 2.37. The first-order chi connectivity index (χ1) is 6.81. The molecule has 0 aromatic heterocycles. The lowest BCUT2D eigenvalue weighted by Crippen LogP contribution is -2.17. The predicted molar refractivity (Wildman–Crippen MR) is 73.4 cm³/mol. The third kappa shape index (κ3) is 4.85. The summed E-state index contributed by atoms with van der Waals surface area (Å²) >= 11 is 0. The van der Waals surface area contributed by atoms with Gasteiger partial charge in [-0.1, -0.05) is 47.0 Å². The molecule has 0 radical (unpaired) electrons. The fraction of sp³-hybridized carbons (Fsp3) is 1.00. The van der Waals surface area contributed by atoms with Crippen LogP contribution in [-0.2, 0) is 0 Å². The van der Waals surface area contributed by atoms with Crippen molar-refractivity contribution in [1.29, 1.82) is 0 Å². The van der Waals surface area contributed by atoms with E-state index in [4.69, 9.17) is 0 Å². The van der Waals surface area contributed by atoms with E-state index in [-0.39, 0.29) is 0 Å². The Labute approximate surface area is 98.8 Å². The van der Waals surface area contributed by atoms with Crippen LogP contribution in [0.25, 0.3) is 0 Å². The Morgan fingerprint density at radius 2 is 1.93 bits per heavy atom. The maximum absolute atomic E-state index is 2.96. The molecule has 0 N–H and O–H groups in total. The van der Waals surface area contributed by atoms with Crippen molar-refractivity contribution in [3.63, 3.8) is 0 Å². The standard InChI is InChI=1S/C14H29P/c1-13(2)10-7-9-12(13)8-5-6-11-14(3,4)15/h12H,5-11,15H2,1-4H3. The summed E-state index contributed by atoms with van der Waals surface area (Å²) in [6, 6.07) is 0. The number of unbranched alkanes of at least 4 members (excludes halogenated alkanes) is 1. The minimum atomic E-state index is 0.450. The van der Waals surface area contributed by atoms with Crippen LogP contribution in [0.5, 0.6) is 0 Å². The van der Waals surface area contributed by atoms with Gasteiger partial charge in [-0.2, -0.15) is 0 Å². The Morgan fingerprint density at radius 3 is 2.40 bits per heavy atom. The predicted octanol–water partition coefficient (Wildman–Crippen LogP) is 5.03. The van der Waals surface area contributed by atoms with Crippen molar-refractivity contribution < 1.29 is 0 Å². The van der Waals surface area contributed by atoms with Crippen molar-refractivity contribution in [2.75, 3.05) is 0 Å². The van der Waals surface area contributed by atoms with Gasteiger partial charge in [0.1, 0.15) is 0 Å². The molecular formula is C14H29P. The third-order valence-corrected chi connectivity index (χ3v) is 4.39. The Balaban J connectivity index is 2.15. The third-order valence-electron chi connectivity index (χ3n) is 4.10. The summed E-state index contributed by atoms with van der Waals surface area (Å²) < 4.78 is 0. The van der Waals surface area contributed by atoms with Gasteiger partial charge < -0.3 is 0 Å². The number of rotatable bonds is 5. The van der Waals surface area contributed by atoms with Gasteiger partial charge in [0, 0.05) is 0 Å². The van der Waals surface area contributed by atoms with E-state index < -0.39 is 0 Å². The topological polar surface area (TPSA) is 0 Å². The second-order valence-corrected chi connectivity index (χ2v) is 8.38. The van der Waals surface area contributed by atoms with Crippen LogP contribution in [-0.4, -0.2) is 5.16 Å². The molecule has 1 fully saturated rings. The molecule has 0 saturated heterocycles. The van der Waals surface area contributed by atoms with E-state index in [0.29, 0.717) is 10.6 Å². The molecule has 15 heavy (non-hydrogen) atoms. The monoisotopic (exact) mass is 228 g/mol. The summed E-state index contributed by atoms with van der Waals surface area (Å²) in [6.45, 7) is 9.56. The molecule has 90 valence electrons. The Hall–Kier alpha value is 0.430. The molecule has 0 bridgehead atoms. The van der Waals surface area contributed by atoms with Crippen molar-refractivity contribution in [2.24, 2.45) is 11.3 Å². The zero-order chi connectivity index (χ0) is 11.5. The summed E-state index contributed by atoms with van der Waals surface area (Å²) in [5.41, 5.74) is 0.635. The van der Waals surface area contributed by atoms with E-state index in [0.717, 1.165) is 5.92 Å². The van der Waals surface area contributed by atoms with Gasteiger partial charge in [-0.05, 0) is 42.2 Å². The highest BCUT2D eigenvalue weighted by Crippen LogP contribution is 2.45. The van der Waals surface area contributed by atoms with E-state index in [1.165, 1.54) is 44.9 Å². The fourth-order valence-corrected chi connectivity index (χ4v) is 3.11. The van der Waals surface area contributed by atoms with Crippen LogP contribution in [0.1, 0.15) is 72.6 Å². The summed E-state index contributed by atoms with van der Waals surface area (Å²) in [5, 5.41) is 0.450. The Bertz CT molecular complexity index is 188. The first-order valence-electron chi connectivity index (χ1n) is 6.60. The van der Waals surface area contributed by atoms with Gasteiger partial charge in [-0.15, -0.1) is 9.24 Å². The van der Waals surface area contributed by atoms with Crippen LogP contribution in [0.2, 0.25) is 0 Å². The summed E-state index contributed by atoms with van der Waals surface area (Å²) in [7, 11) is 2.96. The van der Waals surface area contributed by atoms with Gasteiger partial charge in [-0.3, -0.25) is 0 Å². The molecule has 1 saturated carbocycles. The smallest absolute Gasteiger partial charge is 0.0207 e. The molecule has 1 aliphatic carbocycles. The summed E-state index contributed by atoms with van der Waals surface area (Å²) in [4.78, 5) is 0. The largest absolute Gasteiger partial charge is 0.132 e. The van der Waals surface area contributed by atoms with Gasteiger partial charge >= 0.3 is 0 Å². The van der Waals surface area contributed by atoms with Crippen LogP contribution >= 0.6 is 9.24 Å². The molecule has 1 heteroatoms. The molecule has 0 amide bonds. The SMILES string of the molecule is CC(C)(P)CCCCC1CCCC1(C)C. The molecular weight excluding hydrogens is 199 g/mol. The van der Waals surface area contributed by atoms with Crippen molar-refractivity contribution >= 4 is 9.24 Å². The second-order valence-electron chi connectivity index (χ2n) is 6.81. The van der Waals surface area contributed by atoms with Gasteiger partial charge in [0.2, 0.25) is 0 Å². The lowest BCUT2D eigenvalue weighted by molar-refractivity contribution is 0.239. The summed E-state index contributed by atoms with van der Waals surface area (Å²) in [6.07, 6.45) is 10.1. The average molecular weight is 228 g/mol. The highest BCUT2D eigenvalue weighted by molar-refractivity contribution is 7.18. The van der Waals surface area contributed by atoms with Gasteiger partial charge in [-0.25, -0.2) is 0 Å². The maximum Gasteiger partial charge on any atom is -0.0207 e. The Morgan fingerprint density at radius 1 is 1.27 bits per heavy atom. The number of hydrogen-bond donors (Lipinski definition) is 0. The molecule has 0 aromatic rings. The molecule has 0 aliphatic heterocycles. The van der Waals surface area contributed by atoms with Crippen LogP contribution < -0.4 is 0 Å². The molecule has 1 aliphatic rings. The van der Waals surface area contributed by atoms with E-state index in [1.807, 2.05) is 0 Å². The van der Waals surface area contributed by atoms with Gasteiger partial charge in [0.15, 0.2) is 0 Å². The van der Waals surface area contributed by atoms with Crippen LogP contribution in [0.15, 0.2) is 0 Å². The Kier molecular flexibility index (Phi) is 4.65. The zero-order valence-corrected chi connectivity index (χ0v) is 12.3. The van der Waals surface area contributed by atoms with E-state index in [9.17, 15) is 0 Å². The lowest BCUT2D eigenvalue weighted by Gasteiger charge is -2.27. The first-order valence-corrected chi connectivity index (χ1v) is 7.18. The molecule has 0 spiro atoms. The molecule has 2 atom stereocenters. The van der Waals surface area contributed by atoms with Crippen molar-refractivity contribution in [3.8, 4) is 0 Å². The molecule has 0 aromatic carbocycles. The first kappa shape index (κ1) is 13.5. The van der Waals surface area contributed by atoms with Crippen LogP contribution in [0.4, 0.5) is 0 Å². The van der Waals surface area contributed by atoms with Crippen molar-refractivity contribution in [1.82, 2.24) is 0 Å². The molecule has 0 nitrogen and oxygen atoms in total. The second kappa shape index (κ2) is 5.17. The van der Waals surface area contributed by atoms with E-state index in [2.05, 4.69) is 36.9 Å². The molecule has 1 rings (SSSR count). The molecule has 2 unspecified atom stereocenters. The minimum absolute atomic E-state index is 0.450. The quantitative estimate of drug-likeness (QED) is 0.457.